The second-order valence-corrected chi connectivity index (χ2v) is 5.24. The number of phenolic OH excluding ortho intramolecular Hbond substituents is 1. The van der Waals surface area contributed by atoms with Crippen molar-refractivity contribution in [3.63, 3.8) is 0 Å². The Morgan fingerprint density at radius 1 is 1.24 bits per heavy atom. The van der Waals surface area contributed by atoms with Crippen LogP contribution in [-0.2, 0) is 6.54 Å². The van der Waals surface area contributed by atoms with Crippen LogP contribution in [0.1, 0.15) is 13.3 Å². The van der Waals surface area contributed by atoms with E-state index in [1.807, 2.05) is 17.6 Å². The highest BCUT2D eigenvalue weighted by Gasteiger charge is 2.19. The first kappa shape index (κ1) is 13.9. The van der Waals surface area contributed by atoms with E-state index in [1.165, 1.54) is 18.2 Å². The molecule has 0 aliphatic carbocycles. The minimum atomic E-state index is -0.501. The zero-order chi connectivity index (χ0) is 15.0. The first-order valence-electron chi connectivity index (χ1n) is 6.76. The SMILES string of the molecule is CCCn1c(-c2c(O)cccc2F)nc2cccc(Cl)c21. The lowest BCUT2D eigenvalue weighted by Gasteiger charge is -2.10. The van der Waals surface area contributed by atoms with Gasteiger partial charge in [0.05, 0.1) is 21.6 Å². The Hall–Kier alpha value is -2.07. The van der Waals surface area contributed by atoms with E-state index in [4.69, 9.17) is 11.6 Å². The second kappa shape index (κ2) is 5.37. The van der Waals surface area contributed by atoms with Gasteiger partial charge in [-0.15, -0.1) is 0 Å². The van der Waals surface area contributed by atoms with E-state index in [1.54, 1.807) is 12.1 Å². The molecule has 108 valence electrons. The van der Waals surface area contributed by atoms with Crippen molar-refractivity contribution in [3.05, 3.63) is 47.2 Å². The number of aromatic hydroxyl groups is 1. The van der Waals surface area contributed by atoms with Gasteiger partial charge in [-0.1, -0.05) is 30.7 Å². The maximum absolute atomic E-state index is 14.1. The molecule has 5 heteroatoms. The topological polar surface area (TPSA) is 38.0 Å². The van der Waals surface area contributed by atoms with Crippen LogP contribution in [0.2, 0.25) is 5.02 Å². The van der Waals surface area contributed by atoms with Crippen LogP contribution in [0, 0.1) is 5.82 Å². The van der Waals surface area contributed by atoms with E-state index in [-0.39, 0.29) is 11.3 Å². The number of hydrogen-bond acceptors (Lipinski definition) is 2. The maximum atomic E-state index is 14.1. The number of hydrogen-bond donors (Lipinski definition) is 1. The summed E-state index contributed by atoms with van der Waals surface area (Å²) in [4.78, 5) is 4.46. The lowest BCUT2D eigenvalue weighted by molar-refractivity contribution is 0.470. The minimum absolute atomic E-state index is 0.109. The van der Waals surface area contributed by atoms with E-state index in [9.17, 15) is 9.50 Å². The lowest BCUT2D eigenvalue weighted by Crippen LogP contribution is -2.01. The molecule has 0 spiro atoms. The van der Waals surface area contributed by atoms with Gasteiger partial charge in [0, 0.05) is 6.54 Å². The summed E-state index contributed by atoms with van der Waals surface area (Å²) < 4.78 is 16.0. The van der Waals surface area contributed by atoms with Crippen molar-refractivity contribution in [2.75, 3.05) is 0 Å². The Morgan fingerprint density at radius 2 is 2.00 bits per heavy atom. The molecule has 3 aromatic rings. The van der Waals surface area contributed by atoms with Crippen molar-refractivity contribution in [1.82, 2.24) is 9.55 Å². The lowest BCUT2D eigenvalue weighted by atomic mass is 10.1. The molecule has 21 heavy (non-hydrogen) atoms. The summed E-state index contributed by atoms with van der Waals surface area (Å²) in [7, 11) is 0. The first-order chi connectivity index (χ1) is 10.1. The number of rotatable bonds is 3. The van der Waals surface area contributed by atoms with Crippen molar-refractivity contribution in [2.45, 2.75) is 19.9 Å². The van der Waals surface area contributed by atoms with Crippen molar-refractivity contribution in [3.8, 4) is 17.1 Å². The Labute approximate surface area is 126 Å². The van der Waals surface area contributed by atoms with Gasteiger partial charge in [0.2, 0.25) is 0 Å². The molecule has 1 aromatic heterocycles. The predicted molar refractivity (Wildman–Crippen MR) is 82.1 cm³/mol. The fourth-order valence-corrected chi connectivity index (χ4v) is 2.78. The Bertz CT molecular complexity index is 793. The van der Waals surface area contributed by atoms with Crippen molar-refractivity contribution in [2.24, 2.45) is 0 Å². The number of benzene rings is 2. The number of phenols is 1. The molecule has 0 saturated heterocycles. The normalized spacial score (nSPS) is 11.2. The van der Waals surface area contributed by atoms with Crippen LogP contribution in [0.5, 0.6) is 5.75 Å². The third-order valence-corrected chi connectivity index (χ3v) is 3.68. The average Bonchev–Trinajstić information content (AvgIpc) is 2.79. The van der Waals surface area contributed by atoms with Gasteiger partial charge < -0.3 is 9.67 Å². The van der Waals surface area contributed by atoms with Gasteiger partial charge >= 0.3 is 0 Å². The summed E-state index contributed by atoms with van der Waals surface area (Å²) in [6.07, 6.45) is 0.846. The molecule has 0 fully saturated rings. The van der Waals surface area contributed by atoms with Crippen LogP contribution in [-0.4, -0.2) is 14.7 Å². The molecule has 0 unspecified atom stereocenters. The van der Waals surface area contributed by atoms with Crippen molar-refractivity contribution in [1.29, 1.82) is 0 Å². The van der Waals surface area contributed by atoms with Crippen LogP contribution in [0.15, 0.2) is 36.4 Å². The zero-order valence-electron chi connectivity index (χ0n) is 11.5. The number of aromatic nitrogens is 2. The molecule has 0 amide bonds. The summed E-state index contributed by atoms with van der Waals surface area (Å²) in [5, 5.41) is 10.6. The largest absolute Gasteiger partial charge is 0.507 e. The molecule has 3 rings (SSSR count). The van der Waals surface area contributed by atoms with Gasteiger partial charge in [0.1, 0.15) is 17.4 Å². The van der Waals surface area contributed by atoms with E-state index < -0.39 is 5.82 Å². The first-order valence-corrected chi connectivity index (χ1v) is 7.14. The molecular formula is C16H14ClFN2O. The molecule has 0 saturated carbocycles. The van der Waals surface area contributed by atoms with Gasteiger partial charge in [-0.3, -0.25) is 0 Å². The molecule has 0 aliphatic heterocycles. The average molecular weight is 305 g/mol. The second-order valence-electron chi connectivity index (χ2n) is 4.83. The summed E-state index contributed by atoms with van der Waals surface area (Å²) in [5.41, 5.74) is 1.56. The number of aryl methyl sites for hydroxylation is 1. The fraction of sp³-hybridized carbons (Fsp3) is 0.188. The zero-order valence-corrected chi connectivity index (χ0v) is 12.2. The quantitative estimate of drug-likeness (QED) is 0.767. The number of fused-ring (bicyclic) bond motifs is 1. The minimum Gasteiger partial charge on any atom is -0.507 e. The number of nitrogens with zero attached hydrogens (tertiary/aromatic N) is 2. The van der Waals surface area contributed by atoms with Crippen LogP contribution in [0.25, 0.3) is 22.4 Å². The number of imidazole rings is 1. The molecular weight excluding hydrogens is 291 g/mol. The molecule has 2 aromatic carbocycles. The summed E-state index contributed by atoms with van der Waals surface area (Å²) in [6.45, 7) is 2.66. The molecule has 0 bridgehead atoms. The van der Waals surface area contributed by atoms with Crippen LogP contribution >= 0.6 is 11.6 Å². The third kappa shape index (κ3) is 2.25. The molecule has 0 radical (unpaired) electrons. The molecule has 1 heterocycles. The van der Waals surface area contributed by atoms with E-state index >= 15 is 0 Å². The van der Waals surface area contributed by atoms with Crippen LogP contribution in [0.4, 0.5) is 4.39 Å². The smallest absolute Gasteiger partial charge is 0.147 e. The Balaban J connectivity index is 2.37. The fourth-order valence-electron chi connectivity index (χ4n) is 2.51. The number of para-hydroxylation sites is 1. The van der Waals surface area contributed by atoms with Gasteiger partial charge in [-0.25, -0.2) is 9.37 Å². The highest BCUT2D eigenvalue weighted by Crippen LogP contribution is 2.35. The predicted octanol–water partition coefficient (Wildman–Crippen LogP) is 4.61. The van der Waals surface area contributed by atoms with Crippen LogP contribution in [0.3, 0.4) is 0 Å². The summed E-state index contributed by atoms with van der Waals surface area (Å²) in [5.74, 6) is -0.229. The maximum Gasteiger partial charge on any atom is 0.147 e. The van der Waals surface area contributed by atoms with Gasteiger partial charge in [0.25, 0.3) is 0 Å². The van der Waals surface area contributed by atoms with E-state index in [0.717, 1.165) is 11.9 Å². The molecule has 3 nitrogen and oxygen atoms in total. The van der Waals surface area contributed by atoms with Crippen molar-refractivity contribution >= 4 is 22.6 Å². The molecule has 0 atom stereocenters. The highest BCUT2D eigenvalue weighted by atomic mass is 35.5. The van der Waals surface area contributed by atoms with Gasteiger partial charge in [-0.2, -0.15) is 0 Å². The van der Waals surface area contributed by atoms with E-state index in [0.29, 0.717) is 22.9 Å². The highest BCUT2D eigenvalue weighted by molar-refractivity contribution is 6.35. The number of halogens is 2. The van der Waals surface area contributed by atoms with Gasteiger partial charge in [-0.05, 0) is 30.7 Å². The Kier molecular flexibility index (Phi) is 3.55. The Morgan fingerprint density at radius 3 is 2.71 bits per heavy atom. The van der Waals surface area contributed by atoms with Gasteiger partial charge in [0.15, 0.2) is 0 Å². The standard InChI is InChI=1S/C16H14ClFN2O/c1-2-9-20-15-10(17)5-3-7-12(15)19-16(20)14-11(18)6-4-8-13(14)21/h3-8,21H,2,9H2,1H3. The van der Waals surface area contributed by atoms with Crippen LogP contribution < -0.4 is 0 Å². The summed E-state index contributed by atoms with van der Waals surface area (Å²) in [6, 6.07) is 9.65. The monoisotopic (exact) mass is 304 g/mol. The van der Waals surface area contributed by atoms with E-state index in [2.05, 4.69) is 4.98 Å². The molecule has 0 aliphatic rings. The van der Waals surface area contributed by atoms with Crippen molar-refractivity contribution < 1.29 is 9.50 Å². The third-order valence-electron chi connectivity index (χ3n) is 3.38. The molecule has 1 N–H and O–H groups in total. The summed E-state index contributed by atoms with van der Waals surface area (Å²) >= 11 is 6.26.